The molecule has 0 saturated heterocycles. The van der Waals surface area contributed by atoms with E-state index < -0.39 is 0 Å². The van der Waals surface area contributed by atoms with Crippen LogP contribution in [0, 0.1) is 5.92 Å². The average molecular weight is 417 g/mol. The van der Waals surface area contributed by atoms with E-state index in [2.05, 4.69) is 69.9 Å². The fourth-order valence-electron chi connectivity index (χ4n) is 4.74. The lowest BCUT2D eigenvalue weighted by Crippen LogP contribution is -2.14. The van der Waals surface area contributed by atoms with Gasteiger partial charge in [-0.1, -0.05) is 54.6 Å². The molecule has 2 aliphatic carbocycles. The SMILES string of the molecule is COC1CC(O)CC1/C=C/c1c(C2CC2)nc2ccccc2c1-c1ccc(P)cc1. The van der Waals surface area contributed by atoms with Gasteiger partial charge in [-0.25, -0.2) is 0 Å². The molecule has 4 heteroatoms. The Morgan fingerprint density at radius 2 is 1.83 bits per heavy atom. The van der Waals surface area contributed by atoms with Crippen LogP contribution < -0.4 is 5.30 Å². The zero-order valence-corrected chi connectivity index (χ0v) is 18.4. The standard InChI is InChI=1S/C26H28NO2P/c1-29-24-15-19(28)14-18(24)10-13-22-25(16-8-11-20(30)12-9-16)21-4-2-3-5-23(21)27-26(22)17-6-7-17/h2-5,8-13,17-19,24,28H,6-7,14-15,30H2,1H3/b13-10+. The van der Waals surface area contributed by atoms with Crippen molar-refractivity contribution in [2.45, 2.75) is 43.8 Å². The number of aliphatic hydroxyl groups is 1. The molecular weight excluding hydrogens is 389 g/mol. The Bertz CT molecular complexity index is 1090. The Morgan fingerprint density at radius 1 is 1.07 bits per heavy atom. The maximum atomic E-state index is 10.1. The molecule has 3 aromatic rings. The lowest BCUT2D eigenvalue weighted by Gasteiger charge is -2.17. The Balaban J connectivity index is 1.69. The minimum Gasteiger partial charge on any atom is -0.393 e. The molecule has 0 radical (unpaired) electrons. The normalized spacial score (nSPS) is 24.2. The lowest BCUT2D eigenvalue weighted by molar-refractivity contribution is 0.0757. The number of hydrogen-bond acceptors (Lipinski definition) is 3. The third-order valence-corrected chi connectivity index (χ3v) is 6.85. The third-order valence-electron chi connectivity index (χ3n) is 6.46. The second-order valence-corrected chi connectivity index (χ2v) is 9.29. The van der Waals surface area contributed by atoms with Gasteiger partial charge in [0, 0.05) is 41.9 Å². The van der Waals surface area contributed by atoms with Crippen molar-refractivity contribution in [2.24, 2.45) is 5.92 Å². The van der Waals surface area contributed by atoms with Crippen LogP contribution in [0.25, 0.3) is 28.1 Å². The van der Waals surface area contributed by atoms with Gasteiger partial charge >= 0.3 is 0 Å². The summed E-state index contributed by atoms with van der Waals surface area (Å²) in [5, 5.41) is 12.5. The van der Waals surface area contributed by atoms with Crippen LogP contribution in [0.4, 0.5) is 0 Å². The molecule has 3 nitrogen and oxygen atoms in total. The summed E-state index contributed by atoms with van der Waals surface area (Å²) in [5.41, 5.74) is 5.98. The summed E-state index contributed by atoms with van der Waals surface area (Å²) in [6.07, 6.45) is 8.18. The van der Waals surface area contributed by atoms with Crippen LogP contribution in [0.1, 0.15) is 42.9 Å². The van der Waals surface area contributed by atoms with Crippen LogP contribution in [0.5, 0.6) is 0 Å². The molecule has 4 unspecified atom stereocenters. The van der Waals surface area contributed by atoms with Crippen LogP contribution in [0.3, 0.4) is 0 Å². The average Bonchev–Trinajstić information content (AvgIpc) is 3.54. The van der Waals surface area contributed by atoms with Gasteiger partial charge in [-0.05, 0) is 36.2 Å². The quantitative estimate of drug-likeness (QED) is 0.589. The maximum absolute atomic E-state index is 10.1. The fraction of sp³-hybridized carbons (Fsp3) is 0.346. The van der Waals surface area contributed by atoms with Gasteiger partial charge in [0.1, 0.15) is 0 Å². The third kappa shape index (κ3) is 3.83. The van der Waals surface area contributed by atoms with Crippen molar-refractivity contribution < 1.29 is 9.84 Å². The molecule has 5 rings (SSSR count). The molecule has 1 aromatic heterocycles. The van der Waals surface area contributed by atoms with Crippen molar-refractivity contribution in [1.82, 2.24) is 4.98 Å². The minimum atomic E-state index is -0.281. The van der Waals surface area contributed by atoms with E-state index in [0.29, 0.717) is 12.3 Å². The summed E-state index contributed by atoms with van der Waals surface area (Å²) in [5.74, 6) is 0.771. The second kappa shape index (κ2) is 8.23. The van der Waals surface area contributed by atoms with Crippen LogP contribution >= 0.6 is 9.24 Å². The summed E-state index contributed by atoms with van der Waals surface area (Å²) in [7, 11) is 4.51. The van der Waals surface area contributed by atoms with Gasteiger partial charge in [-0.15, -0.1) is 9.24 Å². The number of hydrogen-bond donors (Lipinski definition) is 1. The van der Waals surface area contributed by atoms with E-state index in [1.807, 2.05) is 0 Å². The summed E-state index contributed by atoms with van der Waals surface area (Å²) in [4.78, 5) is 5.10. The predicted octanol–water partition coefficient (Wildman–Crippen LogP) is 5.08. The minimum absolute atomic E-state index is 0.0777. The van der Waals surface area contributed by atoms with E-state index in [0.717, 1.165) is 11.9 Å². The van der Waals surface area contributed by atoms with E-state index in [1.165, 1.54) is 45.9 Å². The predicted molar refractivity (Wildman–Crippen MR) is 127 cm³/mol. The van der Waals surface area contributed by atoms with Gasteiger partial charge in [-0.3, -0.25) is 4.98 Å². The van der Waals surface area contributed by atoms with Crippen molar-refractivity contribution in [1.29, 1.82) is 0 Å². The topological polar surface area (TPSA) is 42.4 Å². The molecule has 0 amide bonds. The van der Waals surface area contributed by atoms with E-state index in [4.69, 9.17) is 9.72 Å². The first-order valence-electron chi connectivity index (χ1n) is 10.8. The molecule has 4 atom stereocenters. The fourth-order valence-corrected chi connectivity index (χ4v) is 4.93. The number of fused-ring (bicyclic) bond motifs is 1. The van der Waals surface area contributed by atoms with Gasteiger partial charge < -0.3 is 9.84 Å². The number of pyridine rings is 1. The molecule has 2 aromatic carbocycles. The molecule has 0 spiro atoms. The Morgan fingerprint density at radius 3 is 2.57 bits per heavy atom. The van der Waals surface area contributed by atoms with Crippen molar-refractivity contribution in [3.63, 3.8) is 0 Å². The second-order valence-electron chi connectivity index (χ2n) is 8.62. The summed E-state index contributed by atoms with van der Waals surface area (Å²) >= 11 is 0. The van der Waals surface area contributed by atoms with Crippen LogP contribution in [-0.2, 0) is 4.74 Å². The number of para-hydroxylation sites is 1. The first kappa shape index (κ1) is 19.9. The van der Waals surface area contributed by atoms with Gasteiger partial charge in [0.25, 0.3) is 0 Å². The number of aromatic nitrogens is 1. The molecule has 1 heterocycles. The highest BCUT2D eigenvalue weighted by Crippen LogP contribution is 2.45. The highest BCUT2D eigenvalue weighted by Gasteiger charge is 2.33. The zero-order chi connectivity index (χ0) is 20.7. The first-order chi connectivity index (χ1) is 14.6. The van der Waals surface area contributed by atoms with Crippen molar-refractivity contribution in [3.8, 4) is 11.1 Å². The van der Waals surface area contributed by atoms with E-state index in [9.17, 15) is 5.11 Å². The van der Waals surface area contributed by atoms with Gasteiger partial charge in [-0.2, -0.15) is 0 Å². The smallest absolute Gasteiger partial charge is 0.0712 e. The monoisotopic (exact) mass is 417 g/mol. The number of aliphatic hydroxyl groups excluding tert-OH is 1. The summed E-state index contributed by atoms with van der Waals surface area (Å²) in [6, 6.07) is 17.2. The van der Waals surface area contributed by atoms with E-state index in [1.54, 1.807) is 7.11 Å². The number of ether oxygens (including phenoxy) is 1. The van der Waals surface area contributed by atoms with Gasteiger partial charge in [0.15, 0.2) is 0 Å². The number of rotatable bonds is 5. The lowest BCUT2D eigenvalue weighted by atomic mass is 9.91. The maximum Gasteiger partial charge on any atom is 0.0712 e. The molecule has 0 aliphatic heterocycles. The van der Waals surface area contributed by atoms with E-state index >= 15 is 0 Å². The number of nitrogens with zero attached hydrogens (tertiary/aromatic N) is 1. The van der Waals surface area contributed by atoms with E-state index in [-0.39, 0.29) is 18.1 Å². The number of benzene rings is 2. The molecule has 0 bridgehead atoms. The van der Waals surface area contributed by atoms with Crippen LogP contribution in [-0.4, -0.2) is 29.4 Å². The summed E-state index contributed by atoms with van der Waals surface area (Å²) in [6.45, 7) is 0. The van der Waals surface area contributed by atoms with Crippen LogP contribution in [0.15, 0.2) is 54.6 Å². The zero-order valence-electron chi connectivity index (χ0n) is 17.3. The molecule has 2 aliphatic rings. The molecule has 2 fully saturated rings. The highest BCUT2D eigenvalue weighted by atomic mass is 31.0. The molecule has 30 heavy (non-hydrogen) atoms. The molecular formula is C26H28NO2P. The van der Waals surface area contributed by atoms with Crippen molar-refractivity contribution in [2.75, 3.05) is 7.11 Å². The van der Waals surface area contributed by atoms with Crippen LogP contribution in [0.2, 0.25) is 0 Å². The number of methoxy groups -OCH3 is 1. The Hall–Kier alpha value is -2.06. The Labute approximate surface area is 180 Å². The van der Waals surface area contributed by atoms with Crippen molar-refractivity contribution >= 4 is 31.5 Å². The highest BCUT2D eigenvalue weighted by molar-refractivity contribution is 7.27. The first-order valence-corrected chi connectivity index (χ1v) is 11.4. The molecule has 1 N–H and O–H groups in total. The molecule has 154 valence electrons. The van der Waals surface area contributed by atoms with Gasteiger partial charge in [0.05, 0.1) is 23.4 Å². The van der Waals surface area contributed by atoms with Crippen molar-refractivity contribution in [3.05, 3.63) is 65.9 Å². The largest absolute Gasteiger partial charge is 0.393 e. The summed E-state index contributed by atoms with van der Waals surface area (Å²) < 4.78 is 5.64. The van der Waals surface area contributed by atoms with Gasteiger partial charge in [0.2, 0.25) is 0 Å². The Kier molecular flexibility index (Phi) is 5.45. The molecule has 2 saturated carbocycles.